The van der Waals surface area contributed by atoms with Crippen LogP contribution in [0.3, 0.4) is 0 Å². The van der Waals surface area contributed by atoms with Crippen LogP contribution >= 0.6 is 23.2 Å². The number of ether oxygens (including phenoxy) is 2. The lowest BCUT2D eigenvalue weighted by Crippen LogP contribution is -2.25. The molecule has 0 bridgehead atoms. The molecule has 0 radical (unpaired) electrons. The normalized spacial score (nSPS) is 16.5. The van der Waals surface area contributed by atoms with E-state index in [1.165, 1.54) is 11.9 Å². The minimum Gasteiger partial charge on any atom is -0.484 e. The van der Waals surface area contributed by atoms with E-state index in [1.54, 1.807) is 36.4 Å². The lowest BCUT2D eigenvalue weighted by atomic mass is 10.2. The monoisotopic (exact) mass is 364 g/mol. The van der Waals surface area contributed by atoms with Gasteiger partial charge in [0, 0.05) is 22.5 Å². The molecule has 1 aliphatic rings. The van der Waals surface area contributed by atoms with E-state index < -0.39 is 6.23 Å². The fourth-order valence-electron chi connectivity index (χ4n) is 2.22. The molecule has 2 aromatic rings. The SMILES string of the molecule is CC(=O)N1N=C(COc2ccc(Cl)cc2)OC1c1ccccc1Cl. The molecule has 5 nitrogen and oxygen atoms in total. The molecule has 124 valence electrons. The highest BCUT2D eigenvalue weighted by atomic mass is 35.5. The Balaban J connectivity index is 1.73. The maximum absolute atomic E-state index is 11.8. The second kappa shape index (κ2) is 7.11. The van der Waals surface area contributed by atoms with Crippen LogP contribution in [0, 0.1) is 0 Å². The zero-order valence-electron chi connectivity index (χ0n) is 12.8. The van der Waals surface area contributed by atoms with Gasteiger partial charge in [0.05, 0.1) is 0 Å². The summed E-state index contributed by atoms with van der Waals surface area (Å²) in [4.78, 5) is 11.8. The fourth-order valence-corrected chi connectivity index (χ4v) is 2.57. The molecular weight excluding hydrogens is 351 g/mol. The summed E-state index contributed by atoms with van der Waals surface area (Å²) in [7, 11) is 0. The standard InChI is InChI=1S/C17H14Cl2N2O3/c1-11(22)21-17(14-4-2-3-5-15(14)19)24-16(20-21)10-23-13-8-6-12(18)7-9-13/h2-9,17H,10H2,1H3. The highest BCUT2D eigenvalue weighted by Crippen LogP contribution is 2.32. The predicted octanol–water partition coefficient (Wildman–Crippen LogP) is 4.26. The molecule has 24 heavy (non-hydrogen) atoms. The largest absolute Gasteiger partial charge is 0.484 e. The molecule has 0 aliphatic carbocycles. The molecular formula is C17H14Cl2N2O3. The summed E-state index contributed by atoms with van der Waals surface area (Å²) >= 11 is 12.0. The molecule has 0 saturated carbocycles. The van der Waals surface area contributed by atoms with E-state index >= 15 is 0 Å². The van der Waals surface area contributed by atoms with Crippen LogP contribution in [-0.2, 0) is 9.53 Å². The zero-order chi connectivity index (χ0) is 17.1. The summed E-state index contributed by atoms with van der Waals surface area (Å²) in [6, 6.07) is 14.1. The van der Waals surface area contributed by atoms with Crippen LogP contribution in [0.5, 0.6) is 5.75 Å². The van der Waals surface area contributed by atoms with Gasteiger partial charge in [0.1, 0.15) is 5.75 Å². The number of hydrogen-bond acceptors (Lipinski definition) is 4. The Morgan fingerprint density at radius 3 is 2.58 bits per heavy atom. The summed E-state index contributed by atoms with van der Waals surface area (Å²) in [6.45, 7) is 1.51. The Morgan fingerprint density at radius 1 is 1.21 bits per heavy atom. The van der Waals surface area contributed by atoms with Gasteiger partial charge in [0.25, 0.3) is 0 Å². The first kappa shape index (κ1) is 16.6. The van der Waals surface area contributed by atoms with Crippen molar-refractivity contribution >= 4 is 35.0 Å². The van der Waals surface area contributed by atoms with Crippen molar-refractivity contribution in [3.05, 3.63) is 64.1 Å². The van der Waals surface area contributed by atoms with E-state index in [9.17, 15) is 4.79 Å². The van der Waals surface area contributed by atoms with Crippen LogP contribution in [0.15, 0.2) is 53.6 Å². The van der Waals surface area contributed by atoms with Gasteiger partial charge in [0.15, 0.2) is 6.61 Å². The summed E-state index contributed by atoms with van der Waals surface area (Å²) in [5.74, 6) is 0.674. The summed E-state index contributed by atoms with van der Waals surface area (Å²) in [5, 5.41) is 6.57. The number of benzene rings is 2. The van der Waals surface area contributed by atoms with E-state index in [0.717, 1.165) is 0 Å². The number of rotatable bonds is 4. The molecule has 0 aromatic heterocycles. The Morgan fingerprint density at radius 2 is 1.92 bits per heavy atom. The van der Waals surface area contributed by atoms with Crippen LogP contribution in [0.25, 0.3) is 0 Å². The first-order chi connectivity index (χ1) is 11.5. The van der Waals surface area contributed by atoms with E-state index in [1.807, 2.05) is 12.1 Å². The van der Waals surface area contributed by atoms with Crippen molar-refractivity contribution < 1.29 is 14.3 Å². The van der Waals surface area contributed by atoms with Crippen LogP contribution in [0.2, 0.25) is 10.0 Å². The van der Waals surface area contributed by atoms with E-state index in [-0.39, 0.29) is 12.5 Å². The molecule has 1 unspecified atom stereocenters. The molecule has 1 amide bonds. The van der Waals surface area contributed by atoms with Crippen LogP contribution in [0.4, 0.5) is 0 Å². The lowest BCUT2D eigenvalue weighted by molar-refractivity contribution is -0.135. The Hall–Kier alpha value is -2.24. The van der Waals surface area contributed by atoms with Crippen molar-refractivity contribution in [2.75, 3.05) is 6.61 Å². The topological polar surface area (TPSA) is 51.1 Å². The summed E-state index contributed by atoms with van der Waals surface area (Å²) < 4.78 is 11.4. The highest BCUT2D eigenvalue weighted by Gasteiger charge is 2.33. The molecule has 0 N–H and O–H groups in total. The molecule has 1 atom stereocenters. The first-order valence-corrected chi connectivity index (χ1v) is 7.97. The van der Waals surface area contributed by atoms with Gasteiger partial charge in [-0.3, -0.25) is 4.79 Å². The molecule has 1 heterocycles. The Labute approximate surface area is 149 Å². The van der Waals surface area contributed by atoms with Gasteiger partial charge in [0.2, 0.25) is 18.0 Å². The van der Waals surface area contributed by atoms with Gasteiger partial charge in [-0.25, -0.2) is 0 Å². The average Bonchev–Trinajstić information content (AvgIpc) is 2.99. The van der Waals surface area contributed by atoms with Crippen molar-refractivity contribution in [3.63, 3.8) is 0 Å². The number of hydrogen-bond donors (Lipinski definition) is 0. The first-order valence-electron chi connectivity index (χ1n) is 7.21. The maximum Gasteiger partial charge on any atom is 0.247 e. The molecule has 7 heteroatoms. The number of carbonyl (C=O) groups is 1. The van der Waals surface area contributed by atoms with Gasteiger partial charge in [-0.1, -0.05) is 41.4 Å². The van der Waals surface area contributed by atoms with Crippen molar-refractivity contribution in [1.82, 2.24) is 5.01 Å². The maximum atomic E-state index is 11.8. The van der Waals surface area contributed by atoms with E-state index in [2.05, 4.69) is 5.10 Å². The third-order valence-corrected chi connectivity index (χ3v) is 3.96. The molecule has 0 saturated heterocycles. The second-order valence-corrected chi connectivity index (χ2v) is 5.94. The van der Waals surface area contributed by atoms with Crippen molar-refractivity contribution in [3.8, 4) is 5.75 Å². The quantitative estimate of drug-likeness (QED) is 0.813. The van der Waals surface area contributed by atoms with Gasteiger partial charge in [-0.05, 0) is 30.3 Å². The number of hydrazone groups is 1. The molecule has 2 aromatic carbocycles. The van der Waals surface area contributed by atoms with Gasteiger partial charge >= 0.3 is 0 Å². The van der Waals surface area contributed by atoms with Crippen molar-refractivity contribution in [2.24, 2.45) is 5.10 Å². The number of carbonyl (C=O) groups excluding carboxylic acids is 1. The smallest absolute Gasteiger partial charge is 0.247 e. The molecule has 1 aliphatic heterocycles. The molecule has 0 fully saturated rings. The van der Waals surface area contributed by atoms with Crippen molar-refractivity contribution in [1.29, 1.82) is 0 Å². The van der Waals surface area contributed by atoms with Gasteiger partial charge in [-0.15, -0.1) is 5.10 Å². The number of halogens is 2. The zero-order valence-corrected chi connectivity index (χ0v) is 14.3. The van der Waals surface area contributed by atoms with E-state index in [0.29, 0.717) is 27.3 Å². The fraction of sp³-hybridized carbons (Fsp3) is 0.176. The minimum atomic E-state index is -0.694. The third kappa shape index (κ3) is 3.63. The van der Waals surface area contributed by atoms with Crippen LogP contribution < -0.4 is 4.74 Å². The lowest BCUT2D eigenvalue weighted by Gasteiger charge is -2.20. The average molecular weight is 365 g/mol. The van der Waals surface area contributed by atoms with Crippen molar-refractivity contribution in [2.45, 2.75) is 13.2 Å². The summed E-state index contributed by atoms with van der Waals surface area (Å²) in [5.41, 5.74) is 0.666. The number of nitrogens with zero attached hydrogens (tertiary/aromatic N) is 2. The predicted molar refractivity (Wildman–Crippen MR) is 92.2 cm³/mol. The highest BCUT2D eigenvalue weighted by molar-refractivity contribution is 6.31. The Kier molecular flexibility index (Phi) is 4.92. The second-order valence-electron chi connectivity index (χ2n) is 5.09. The molecule has 3 rings (SSSR count). The molecule has 0 spiro atoms. The van der Waals surface area contributed by atoms with Crippen LogP contribution in [0.1, 0.15) is 18.7 Å². The third-order valence-electron chi connectivity index (χ3n) is 3.36. The van der Waals surface area contributed by atoms with Crippen LogP contribution in [-0.4, -0.2) is 23.4 Å². The minimum absolute atomic E-state index is 0.0896. The van der Waals surface area contributed by atoms with Gasteiger partial charge in [-0.2, -0.15) is 5.01 Å². The Bertz CT molecular complexity index is 778. The van der Waals surface area contributed by atoms with E-state index in [4.69, 9.17) is 32.7 Å². The van der Waals surface area contributed by atoms with Gasteiger partial charge < -0.3 is 9.47 Å². The number of amides is 1. The summed E-state index contributed by atoms with van der Waals surface area (Å²) in [6.07, 6.45) is -0.694.